The number of carbonyl (C=O) groups excluding carboxylic acids is 1. The van der Waals surface area contributed by atoms with Crippen molar-refractivity contribution in [1.29, 1.82) is 0 Å². The van der Waals surface area contributed by atoms with Crippen molar-refractivity contribution in [1.82, 2.24) is 4.90 Å². The first-order chi connectivity index (χ1) is 13.3. The molecule has 1 fully saturated rings. The third kappa shape index (κ3) is 4.78. The van der Waals surface area contributed by atoms with Gasteiger partial charge in [0.15, 0.2) is 0 Å². The average Bonchev–Trinajstić information content (AvgIpc) is 3.09. The highest BCUT2D eigenvalue weighted by atomic mass is 19.4. The number of urea groups is 1. The van der Waals surface area contributed by atoms with Crippen molar-refractivity contribution in [2.75, 3.05) is 11.9 Å². The number of hydrogen-bond donors (Lipinski definition) is 1. The first-order valence-corrected chi connectivity index (χ1v) is 9.57. The maximum absolute atomic E-state index is 12.5. The molecule has 0 unspecified atom stereocenters. The van der Waals surface area contributed by atoms with Crippen LogP contribution in [0.1, 0.15) is 46.1 Å². The number of halogens is 3. The van der Waals surface area contributed by atoms with E-state index >= 15 is 0 Å². The van der Waals surface area contributed by atoms with Crippen molar-refractivity contribution in [2.24, 2.45) is 0 Å². The third-order valence-corrected chi connectivity index (χ3v) is 5.74. The van der Waals surface area contributed by atoms with Crippen molar-refractivity contribution in [3.63, 3.8) is 0 Å². The molecule has 0 bridgehead atoms. The Bertz CT molecular complexity index is 821. The number of amides is 2. The summed E-state index contributed by atoms with van der Waals surface area (Å²) in [6.07, 6.45) is -3.76. The number of rotatable bonds is 3. The van der Waals surface area contributed by atoms with Gasteiger partial charge in [-0.1, -0.05) is 11.6 Å². The minimum Gasteiger partial charge on any atom is -0.399 e. The van der Waals surface area contributed by atoms with Crippen LogP contribution >= 0.6 is 0 Å². The van der Waals surface area contributed by atoms with E-state index in [1.54, 1.807) is 12.1 Å². The molecule has 2 aliphatic rings. The van der Waals surface area contributed by atoms with Crippen molar-refractivity contribution in [3.8, 4) is 0 Å². The summed E-state index contributed by atoms with van der Waals surface area (Å²) >= 11 is 0. The number of anilines is 1. The van der Waals surface area contributed by atoms with Crippen LogP contribution in [0.3, 0.4) is 0 Å². The van der Waals surface area contributed by atoms with Gasteiger partial charge in [-0.05, 0) is 64.2 Å². The molecule has 158 valence electrons. The first-order valence-electron chi connectivity index (χ1n) is 9.57. The Morgan fingerprint density at radius 1 is 1.21 bits per heavy atom. The number of nitrogens with zero attached hydrogens (tertiary/aromatic N) is 1. The fourth-order valence-corrected chi connectivity index (χ4v) is 3.30. The van der Waals surface area contributed by atoms with E-state index in [-0.39, 0.29) is 18.5 Å². The molecule has 1 aromatic carbocycles. The number of hydrogen-bond acceptors (Lipinski definition) is 3. The Kier molecular flexibility index (Phi) is 5.51. The zero-order valence-corrected chi connectivity index (χ0v) is 17.3. The Morgan fingerprint density at radius 3 is 2.41 bits per heavy atom. The molecule has 29 heavy (non-hydrogen) atoms. The molecule has 0 radical (unpaired) electrons. The zero-order valence-electron chi connectivity index (χ0n) is 17.3. The Hall–Kier alpha value is -2.00. The summed E-state index contributed by atoms with van der Waals surface area (Å²) < 4.78 is 49.8. The molecule has 2 amide bonds. The fourth-order valence-electron chi connectivity index (χ4n) is 3.30. The molecule has 1 saturated heterocycles. The molecule has 0 saturated carbocycles. The fraction of sp³-hybridized carbons (Fsp3) is 0.550. The monoisotopic (exact) mass is 410 g/mol. The van der Waals surface area contributed by atoms with E-state index in [9.17, 15) is 18.0 Å². The topological polar surface area (TPSA) is 50.8 Å². The van der Waals surface area contributed by atoms with Gasteiger partial charge < -0.3 is 19.5 Å². The molecule has 2 heterocycles. The smallest absolute Gasteiger partial charge is 0.399 e. The number of alkyl halides is 3. The molecule has 1 aromatic rings. The SMILES string of the molecule is Cc1ccc(NC(=O)N2C=C(CC(F)(F)F)CC2)cc1B1OC(C)(C)C(C)(C)O1. The molecule has 0 aromatic heterocycles. The molecule has 0 spiro atoms. The summed E-state index contributed by atoms with van der Waals surface area (Å²) in [5, 5.41) is 2.75. The number of nitrogens with one attached hydrogen (secondary N) is 1. The minimum atomic E-state index is -4.27. The summed E-state index contributed by atoms with van der Waals surface area (Å²) in [6, 6.07) is 4.92. The normalized spacial score (nSPS) is 20.8. The van der Waals surface area contributed by atoms with Gasteiger partial charge in [-0.15, -0.1) is 0 Å². The Balaban J connectivity index is 1.72. The highest BCUT2D eigenvalue weighted by molar-refractivity contribution is 6.62. The summed E-state index contributed by atoms with van der Waals surface area (Å²) in [4.78, 5) is 13.7. The van der Waals surface area contributed by atoms with Crippen molar-refractivity contribution >= 4 is 24.3 Å². The van der Waals surface area contributed by atoms with Gasteiger partial charge >= 0.3 is 19.3 Å². The average molecular weight is 410 g/mol. The summed E-state index contributed by atoms with van der Waals surface area (Å²) in [5.41, 5.74) is 1.51. The van der Waals surface area contributed by atoms with Gasteiger partial charge in [0.25, 0.3) is 0 Å². The van der Waals surface area contributed by atoms with Crippen molar-refractivity contribution in [3.05, 3.63) is 35.5 Å². The largest absolute Gasteiger partial charge is 0.495 e. The highest BCUT2D eigenvalue weighted by Crippen LogP contribution is 2.37. The molecular weight excluding hydrogens is 384 g/mol. The molecule has 2 aliphatic heterocycles. The van der Waals surface area contributed by atoms with Crippen LogP contribution in [0.5, 0.6) is 0 Å². The zero-order chi connectivity index (χ0) is 21.6. The van der Waals surface area contributed by atoms with Crippen molar-refractivity contribution < 1.29 is 27.3 Å². The molecule has 9 heteroatoms. The second kappa shape index (κ2) is 7.36. The van der Waals surface area contributed by atoms with Gasteiger partial charge in [0, 0.05) is 18.4 Å². The van der Waals surface area contributed by atoms with E-state index < -0.39 is 36.9 Å². The minimum absolute atomic E-state index is 0.203. The summed E-state index contributed by atoms with van der Waals surface area (Å²) in [6.45, 7) is 10.0. The molecule has 3 rings (SSSR count). The van der Waals surface area contributed by atoms with Crippen LogP contribution in [0.25, 0.3) is 0 Å². The van der Waals surface area contributed by atoms with Gasteiger partial charge in [0.1, 0.15) is 0 Å². The van der Waals surface area contributed by atoms with Gasteiger partial charge in [0.05, 0.1) is 17.6 Å². The van der Waals surface area contributed by atoms with E-state index in [4.69, 9.17) is 9.31 Å². The van der Waals surface area contributed by atoms with E-state index in [1.165, 1.54) is 11.1 Å². The second-order valence-corrected chi connectivity index (χ2v) is 8.61. The van der Waals surface area contributed by atoms with Crippen LogP contribution < -0.4 is 10.8 Å². The van der Waals surface area contributed by atoms with Gasteiger partial charge in [0.2, 0.25) is 0 Å². The van der Waals surface area contributed by atoms with Gasteiger partial charge in [-0.25, -0.2) is 4.79 Å². The molecule has 0 atom stereocenters. The standard InChI is InChI=1S/C20H26BF3N2O3/c1-13-6-7-15(10-16(13)21-28-18(2,3)19(4,5)29-21)25-17(27)26-9-8-14(12-26)11-20(22,23)24/h6-7,10,12H,8-9,11H2,1-5H3,(H,25,27). The number of aryl methyl sites for hydroxylation is 1. The predicted molar refractivity (Wildman–Crippen MR) is 106 cm³/mol. The van der Waals surface area contributed by atoms with Crippen LogP contribution in [0, 0.1) is 6.92 Å². The van der Waals surface area contributed by atoms with Crippen LogP contribution in [-0.4, -0.2) is 42.0 Å². The van der Waals surface area contributed by atoms with Crippen LogP contribution in [-0.2, 0) is 9.31 Å². The van der Waals surface area contributed by atoms with Crippen LogP contribution in [0.2, 0.25) is 0 Å². The first kappa shape index (κ1) is 21.7. The highest BCUT2D eigenvalue weighted by Gasteiger charge is 2.52. The molecular formula is C20H26BF3N2O3. The van der Waals surface area contributed by atoms with E-state index in [0.29, 0.717) is 5.69 Å². The second-order valence-electron chi connectivity index (χ2n) is 8.61. The van der Waals surface area contributed by atoms with E-state index in [0.717, 1.165) is 11.0 Å². The molecule has 1 N–H and O–H groups in total. The lowest BCUT2D eigenvalue weighted by atomic mass is 9.76. The quantitative estimate of drug-likeness (QED) is 0.754. The maximum Gasteiger partial charge on any atom is 0.495 e. The Morgan fingerprint density at radius 2 is 1.83 bits per heavy atom. The lowest BCUT2D eigenvalue weighted by Gasteiger charge is -2.32. The van der Waals surface area contributed by atoms with Crippen molar-refractivity contribution in [2.45, 2.75) is 64.8 Å². The molecule has 5 nitrogen and oxygen atoms in total. The third-order valence-electron chi connectivity index (χ3n) is 5.74. The van der Waals surface area contributed by atoms with Crippen LogP contribution in [0.15, 0.2) is 30.0 Å². The maximum atomic E-state index is 12.5. The van der Waals surface area contributed by atoms with E-state index in [1.807, 2.05) is 40.7 Å². The predicted octanol–water partition coefficient (Wildman–Crippen LogP) is 4.37. The van der Waals surface area contributed by atoms with Crippen LogP contribution in [0.4, 0.5) is 23.7 Å². The number of benzene rings is 1. The van der Waals surface area contributed by atoms with Gasteiger partial charge in [-0.2, -0.15) is 13.2 Å². The van der Waals surface area contributed by atoms with Gasteiger partial charge in [-0.3, -0.25) is 0 Å². The lowest BCUT2D eigenvalue weighted by molar-refractivity contribution is -0.127. The Labute approximate surface area is 169 Å². The van der Waals surface area contributed by atoms with E-state index in [2.05, 4.69) is 5.32 Å². The summed E-state index contributed by atoms with van der Waals surface area (Å²) in [7, 11) is -0.568. The number of carbonyl (C=O) groups is 1. The summed E-state index contributed by atoms with van der Waals surface area (Å²) in [5.74, 6) is 0. The molecule has 0 aliphatic carbocycles. The lowest BCUT2D eigenvalue weighted by Crippen LogP contribution is -2.41.